The predicted molar refractivity (Wildman–Crippen MR) is 130 cm³/mol. The zero-order chi connectivity index (χ0) is 24.0. The molecular weight excluding hydrogens is 562 g/mol. The Morgan fingerprint density at radius 1 is 0.970 bits per heavy atom. The second-order valence-corrected chi connectivity index (χ2v) is 8.71. The summed E-state index contributed by atoms with van der Waals surface area (Å²) in [5, 5.41) is 11.1. The molecular formula is C22H23Br2N3O6. The van der Waals surface area contributed by atoms with Gasteiger partial charge in [-0.3, -0.25) is 4.79 Å². The molecule has 1 aromatic carbocycles. The third-order valence-corrected chi connectivity index (χ3v) is 5.71. The molecule has 11 heteroatoms. The Bertz CT molecular complexity index is 1110. The average molecular weight is 585 g/mol. The Kier molecular flexibility index (Phi) is 8.59. The van der Waals surface area contributed by atoms with Crippen molar-refractivity contribution in [1.82, 2.24) is 4.90 Å². The normalized spacial score (nSPS) is 13.8. The molecule has 0 spiro atoms. The second-order valence-electron chi connectivity index (χ2n) is 7.14. The first-order valence-corrected chi connectivity index (χ1v) is 11.5. The van der Waals surface area contributed by atoms with Crippen molar-refractivity contribution < 1.29 is 28.3 Å². The fourth-order valence-corrected chi connectivity index (χ4v) is 3.73. The minimum Gasteiger partial charge on any atom is -0.495 e. The molecule has 1 amide bonds. The van der Waals surface area contributed by atoms with E-state index < -0.39 is 5.97 Å². The Morgan fingerprint density at radius 3 is 2.06 bits per heavy atom. The van der Waals surface area contributed by atoms with E-state index in [4.69, 9.17) is 14.3 Å². The molecule has 1 aliphatic rings. The molecule has 0 bridgehead atoms. The van der Waals surface area contributed by atoms with E-state index in [1.165, 1.54) is 12.1 Å². The number of nitrogens with one attached hydrogen (secondary N) is 1. The summed E-state index contributed by atoms with van der Waals surface area (Å²) in [5.41, 5.74) is 1.70. The van der Waals surface area contributed by atoms with E-state index in [0.717, 1.165) is 37.6 Å². The third kappa shape index (κ3) is 6.86. The molecule has 0 unspecified atom stereocenters. The van der Waals surface area contributed by atoms with Gasteiger partial charge >= 0.3 is 5.97 Å². The van der Waals surface area contributed by atoms with E-state index in [-0.39, 0.29) is 17.4 Å². The summed E-state index contributed by atoms with van der Waals surface area (Å²) in [5.74, 6) is -0.324. The number of hydrogen-bond acceptors (Lipinski definition) is 7. The summed E-state index contributed by atoms with van der Waals surface area (Å²) in [6.45, 7) is 3.85. The number of aromatic carboxylic acids is 1. The van der Waals surface area contributed by atoms with E-state index in [1.807, 2.05) is 18.2 Å². The second kappa shape index (κ2) is 11.4. The number of hydrogen-bond donors (Lipinski definition) is 2. The quantitative estimate of drug-likeness (QED) is 0.440. The van der Waals surface area contributed by atoms with Gasteiger partial charge in [0, 0.05) is 31.9 Å². The first kappa shape index (κ1) is 24.9. The molecule has 4 rings (SSSR count). The first-order valence-electron chi connectivity index (χ1n) is 9.93. The van der Waals surface area contributed by atoms with Gasteiger partial charge < -0.3 is 33.8 Å². The molecule has 0 aliphatic carbocycles. The number of rotatable bonds is 5. The highest BCUT2D eigenvalue weighted by molar-refractivity contribution is 9.10. The summed E-state index contributed by atoms with van der Waals surface area (Å²) >= 11 is 6.17. The Balaban J connectivity index is 0.000000286. The fourth-order valence-electron chi connectivity index (χ4n) is 3.12. The van der Waals surface area contributed by atoms with Crippen LogP contribution in [0.1, 0.15) is 21.1 Å². The van der Waals surface area contributed by atoms with Crippen molar-refractivity contribution in [2.45, 2.75) is 0 Å². The SMILES string of the molecule is COc1ccc(NC(=O)c2ccc(Br)o2)cc1N1CCN(C)CC1.O=C(O)c1ccc(Br)o1. The van der Waals surface area contributed by atoms with Crippen LogP contribution in [0.4, 0.5) is 11.4 Å². The smallest absolute Gasteiger partial charge is 0.371 e. The van der Waals surface area contributed by atoms with Crippen molar-refractivity contribution in [2.75, 3.05) is 50.6 Å². The largest absolute Gasteiger partial charge is 0.495 e. The maximum Gasteiger partial charge on any atom is 0.371 e. The maximum atomic E-state index is 12.2. The number of carboxylic acids is 1. The molecule has 33 heavy (non-hydrogen) atoms. The topological polar surface area (TPSA) is 108 Å². The van der Waals surface area contributed by atoms with Crippen molar-refractivity contribution >= 4 is 55.1 Å². The lowest BCUT2D eigenvalue weighted by Crippen LogP contribution is -2.44. The van der Waals surface area contributed by atoms with Crippen molar-refractivity contribution in [3.05, 3.63) is 63.3 Å². The van der Waals surface area contributed by atoms with Gasteiger partial charge in [0.15, 0.2) is 15.1 Å². The van der Waals surface area contributed by atoms with Crippen LogP contribution in [-0.2, 0) is 0 Å². The highest BCUT2D eigenvalue weighted by Gasteiger charge is 2.19. The maximum absolute atomic E-state index is 12.2. The number of anilines is 2. The Morgan fingerprint density at radius 2 is 1.58 bits per heavy atom. The van der Waals surface area contributed by atoms with Crippen LogP contribution in [0, 0.1) is 0 Å². The Hall–Kier alpha value is -2.76. The van der Waals surface area contributed by atoms with E-state index >= 15 is 0 Å². The minimum absolute atomic E-state index is 0.0538. The van der Waals surface area contributed by atoms with Crippen LogP contribution < -0.4 is 15.0 Å². The molecule has 2 aromatic heterocycles. The van der Waals surface area contributed by atoms with Gasteiger partial charge in [-0.1, -0.05) is 0 Å². The van der Waals surface area contributed by atoms with Gasteiger partial charge in [0.05, 0.1) is 12.8 Å². The number of likely N-dealkylation sites (N-methyl/N-ethyl adjacent to an activating group) is 1. The zero-order valence-corrected chi connectivity index (χ0v) is 21.2. The van der Waals surface area contributed by atoms with Crippen LogP contribution >= 0.6 is 31.9 Å². The van der Waals surface area contributed by atoms with Gasteiger partial charge in [-0.25, -0.2) is 4.79 Å². The fraction of sp³-hybridized carbons (Fsp3) is 0.273. The van der Waals surface area contributed by atoms with E-state index in [9.17, 15) is 9.59 Å². The van der Waals surface area contributed by atoms with Gasteiger partial charge in [0.2, 0.25) is 5.76 Å². The highest BCUT2D eigenvalue weighted by atomic mass is 79.9. The number of carbonyl (C=O) groups is 2. The zero-order valence-electron chi connectivity index (χ0n) is 18.0. The summed E-state index contributed by atoms with van der Waals surface area (Å²) in [7, 11) is 3.78. The number of furan rings is 2. The molecule has 2 N–H and O–H groups in total. The predicted octanol–water partition coefficient (Wildman–Crippen LogP) is 4.80. The van der Waals surface area contributed by atoms with E-state index in [1.54, 1.807) is 19.2 Å². The van der Waals surface area contributed by atoms with Crippen LogP contribution in [0.2, 0.25) is 0 Å². The molecule has 0 saturated carbocycles. The van der Waals surface area contributed by atoms with Crippen LogP contribution in [0.3, 0.4) is 0 Å². The number of carbonyl (C=O) groups excluding carboxylic acids is 1. The minimum atomic E-state index is -1.05. The van der Waals surface area contributed by atoms with E-state index in [0.29, 0.717) is 15.0 Å². The standard InChI is InChI=1S/C17H20BrN3O3.C5H3BrO3/c1-20-7-9-21(10-8-20)13-11-12(3-4-14(13)23-2)19-17(22)15-5-6-16(18)24-15;6-4-2-1-3(9-4)5(7)8/h3-6,11H,7-10H2,1-2H3,(H,19,22);1-2H,(H,7,8). The number of ether oxygens (including phenoxy) is 1. The highest BCUT2D eigenvalue weighted by Crippen LogP contribution is 2.32. The van der Waals surface area contributed by atoms with Crippen LogP contribution in [0.25, 0.3) is 0 Å². The lowest BCUT2D eigenvalue weighted by Gasteiger charge is -2.34. The van der Waals surface area contributed by atoms with Gasteiger partial charge in [0.25, 0.3) is 5.91 Å². The number of amides is 1. The number of carboxylic acid groups (broad SMARTS) is 1. The van der Waals surface area contributed by atoms with Crippen molar-refractivity contribution in [3.8, 4) is 5.75 Å². The number of methoxy groups -OCH3 is 1. The molecule has 3 heterocycles. The first-order chi connectivity index (χ1) is 15.8. The van der Waals surface area contributed by atoms with Gasteiger partial charge in [-0.05, 0) is 81.4 Å². The summed E-state index contributed by atoms with van der Waals surface area (Å²) in [4.78, 5) is 26.9. The van der Waals surface area contributed by atoms with Gasteiger partial charge in [0.1, 0.15) is 5.75 Å². The summed E-state index contributed by atoms with van der Waals surface area (Å²) in [6.07, 6.45) is 0. The summed E-state index contributed by atoms with van der Waals surface area (Å²) in [6, 6.07) is 11.9. The Labute approximate surface area is 207 Å². The van der Waals surface area contributed by atoms with Gasteiger partial charge in [-0.15, -0.1) is 0 Å². The van der Waals surface area contributed by atoms with Crippen LogP contribution in [0.15, 0.2) is 60.6 Å². The summed E-state index contributed by atoms with van der Waals surface area (Å²) < 4.78 is 16.4. The number of nitrogens with zero attached hydrogens (tertiary/aromatic N) is 2. The average Bonchev–Trinajstić information content (AvgIpc) is 3.43. The van der Waals surface area contributed by atoms with Crippen molar-refractivity contribution in [2.24, 2.45) is 0 Å². The van der Waals surface area contributed by atoms with Gasteiger partial charge in [-0.2, -0.15) is 0 Å². The monoisotopic (exact) mass is 583 g/mol. The molecule has 3 aromatic rings. The number of benzene rings is 1. The molecule has 0 radical (unpaired) electrons. The molecule has 9 nitrogen and oxygen atoms in total. The third-order valence-electron chi connectivity index (χ3n) is 4.86. The number of halogens is 2. The lowest BCUT2D eigenvalue weighted by molar-refractivity contribution is 0.0660. The molecule has 1 aliphatic heterocycles. The van der Waals surface area contributed by atoms with Crippen molar-refractivity contribution in [3.63, 3.8) is 0 Å². The van der Waals surface area contributed by atoms with Crippen LogP contribution in [-0.4, -0.2) is 62.2 Å². The number of piperazine rings is 1. The van der Waals surface area contributed by atoms with E-state index in [2.05, 4.69) is 58.4 Å². The molecule has 0 atom stereocenters. The molecule has 1 fully saturated rings. The van der Waals surface area contributed by atoms with Crippen molar-refractivity contribution in [1.29, 1.82) is 0 Å². The molecule has 1 saturated heterocycles. The lowest BCUT2D eigenvalue weighted by atomic mass is 10.2. The van der Waals surface area contributed by atoms with Crippen LogP contribution in [0.5, 0.6) is 5.75 Å². The molecule has 176 valence electrons.